The second-order valence-electron chi connectivity index (χ2n) is 7.10. The quantitative estimate of drug-likeness (QED) is 0.158. The van der Waals surface area contributed by atoms with Gasteiger partial charge in [0.25, 0.3) is 10.1 Å². The number of hydrogen-bond acceptors (Lipinski definition) is 7. The van der Waals surface area contributed by atoms with Gasteiger partial charge in [0.1, 0.15) is 21.6 Å². The molecule has 0 aromatic heterocycles. The fraction of sp³-hybridized carbons (Fsp3) is 0.409. The zero-order valence-electron chi connectivity index (χ0n) is 19.0. The van der Waals surface area contributed by atoms with E-state index in [1.807, 2.05) is 0 Å². The van der Waals surface area contributed by atoms with Crippen LogP contribution in [0.15, 0.2) is 59.5 Å². The van der Waals surface area contributed by atoms with E-state index in [2.05, 4.69) is 6.92 Å². The van der Waals surface area contributed by atoms with Crippen LogP contribution in [0.4, 0.5) is 0 Å². The second kappa shape index (κ2) is 16.4. The molecule has 0 radical (unpaired) electrons. The van der Waals surface area contributed by atoms with E-state index < -0.39 is 31.1 Å². The van der Waals surface area contributed by atoms with E-state index in [0.717, 1.165) is 25.3 Å². The maximum absolute atomic E-state index is 11.7. The van der Waals surface area contributed by atoms with E-state index in [9.17, 15) is 26.2 Å². The van der Waals surface area contributed by atoms with Gasteiger partial charge in [-0.1, -0.05) is 81.5 Å². The molecule has 0 fully saturated rings. The molecule has 1 N–H and O–H groups in total. The summed E-state index contributed by atoms with van der Waals surface area (Å²) < 4.78 is 67.3. The smallest absolute Gasteiger partial charge is 0.744 e. The molecule has 0 spiro atoms. The molecule has 2 rings (SSSR count). The first-order valence-electron chi connectivity index (χ1n) is 10.3. The van der Waals surface area contributed by atoms with Crippen LogP contribution in [-0.2, 0) is 30.8 Å². The first-order valence-corrected chi connectivity index (χ1v) is 13.3. The summed E-state index contributed by atoms with van der Waals surface area (Å²) >= 11 is 0. The third-order valence-electron chi connectivity index (χ3n) is 4.27. The van der Waals surface area contributed by atoms with Crippen LogP contribution in [0.2, 0.25) is 0 Å². The molecule has 11 heteroatoms. The Kier molecular flexibility index (Phi) is 15.7. The topological polar surface area (TPSA) is 138 Å². The Morgan fingerprint density at radius 2 is 1.42 bits per heavy atom. The van der Waals surface area contributed by atoms with Crippen LogP contribution in [0.1, 0.15) is 57.4 Å². The molecular formula is C22H29NaO8S2. The van der Waals surface area contributed by atoms with Gasteiger partial charge < -0.3 is 9.29 Å². The first-order chi connectivity index (χ1) is 15.0. The molecule has 0 bridgehead atoms. The van der Waals surface area contributed by atoms with Crippen LogP contribution >= 0.6 is 0 Å². The molecule has 0 saturated heterocycles. The van der Waals surface area contributed by atoms with Crippen molar-refractivity contribution in [1.82, 2.24) is 0 Å². The zero-order chi connectivity index (χ0) is 24.0. The van der Waals surface area contributed by atoms with E-state index in [1.54, 1.807) is 30.3 Å². The average molecular weight is 509 g/mol. The van der Waals surface area contributed by atoms with Gasteiger partial charge in [0.2, 0.25) is 0 Å². The Labute approximate surface area is 218 Å². The normalized spacial score (nSPS) is 11.0. The summed E-state index contributed by atoms with van der Waals surface area (Å²) in [6.45, 7) is 2.14. The molecule has 33 heavy (non-hydrogen) atoms. The largest absolute Gasteiger partial charge is 1.00 e. The molecule has 178 valence electrons. The molecule has 0 amide bonds. The monoisotopic (exact) mass is 508 g/mol. The van der Waals surface area contributed by atoms with E-state index in [-0.39, 0.29) is 47.5 Å². The Balaban J connectivity index is 0.000000720. The van der Waals surface area contributed by atoms with Gasteiger partial charge in [0.15, 0.2) is 0 Å². The van der Waals surface area contributed by atoms with Crippen molar-refractivity contribution in [2.45, 2.75) is 62.5 Å². The van der Waals surface area contributed by atoms with Crippen LogP contribution in [0.5, 0.6) is 5.75 Å². The summed E-state index contributed by atoms with van der Waals surface area (Å²) in [7, 11) is -8.52. The zero-order valence-corrected chi connectivity index (χ0v) is 22.6. The summed E-state index contributed by atoms with van der Waals surface area (Å²) in [5, 5.41) is 0. The van der Waals surface area contributed by atoms with Crippen molar-refractivity contribution >= 4 is 26.2 Å². The summed E-state index contributed by atoms with van der Waals surface area (Å²) in [6.07, 6.45) is 6.46. The molecule has 0 aliphatic heterocycles. The van der Waals surface area contributed by atoms with Crippen molar-refractivity contribution < 1.29 is 65.0 Å². The average Bonchev–Trinajstić information content (AvgIpc) is 2.70. The molecule has 8 nitrogen and oxygen atoms in total. The number of benzene rings is 2. The van der Waals surface area contributed by atoms with E-state index in [1.165, 1.54) is 31.0 Å². The maximum Gasteiger partial charge on any atom is 1.00 e. The number of carbonyl (C=O) groups excluding carboxylic acids is 1. The van der Waals surface area contributed by atoms with Crippen LogP contribution in [0.25, 0.3) is 0 Å². The SMILES string of the molecule is CCCCCCCCC(=O)Oc1ccccc1S(=O)(=O)[O-].O=S(=O)(O)Cc1ccccc1.[Na+]. The number of ether oxygens (including phenoxy) is 1. The number of rotatable bonds is 11. The molecule has 0 heterocycles. The molecule has 0 aliphatic rings. The third-order valence-corrected chi connectivity index (χ3v) is 5.84. The van der Waals surface area contributed by atoms with Crippen molar-refractivity contribution in [3.05, 3.63) is 60.2 Å². The Morgan fingerprint density at radius 1 is 0.879 bits per heavy atom. The predicted octanol–water partition coefficient (Wildman–Crippen LogP) is 1.33. The summed E-state index contributed by atoms with van der Waals surface area (Å²) in [4.78, 5) is 11.2. The van der Waals surface area contributed by atoms with Gasteiger partial charge in [-0.2, -0.15) is 8.42 Å². The minimum absolute atomic E-state index is 0. The van der Waals surface area contributed by atoms with Gasteiger partial charge in [-0.25, -0.2) is 8.42 Å². The number of carbonyl (C=O) groups is 1. The van der Waals surface area contributed by atoms with Crippen molar-refractivity contribution in [2.75, 3.05) is 0 Å². The van der Waals surface area contributed by atoms with Crippen molar-refractivity contribution in [2.24, 2.45) is 0 Å². The Morgan fingerprint density at radius 3 is 2.00 bits per heavy atom. The number of hydrogen-bond donors (Lipinski definition) is 1. The molecule has 2 aromatic rings. The Bertz CT molecular complexity index is 1040. The molecular weight excluding hydrogens is 479 g/mol. The van der Waals surface area contributed by atoms with Crippen LogP contribution in [-0.4, -0.2) is 31.9 Å². The summed E-state index contributed by atoms with van der Waals surface area (Å²) in [5.41, 5.74) is 0.593. The molecule has 0 saturated carbocycles. The van der Waals surface area contributed by atoms with Gasteiger partial charge in [-0.05, 0) is 24.1 Å². The predicted molar refractivity (Wildman–Crippen MR) is 120 cm³/mol. The third kappa shape index (κ3) is 15.3. The molecule has 0 aliphatic carbocycles. The number of unbranched alkanes of at least 4 members (excludes halogenated alkanes) is 5. The Hall–Kier alpha value is -1.27. The maximum atomic E-state index is 11.7. The van der Waals surface area contributed by atoms with E-state index in [4.69, 9.17) is 9.29 Å². The number of para-hydroxylation sites is 1. The number of esters is 1. The minimum Gasteiger partial charge on any atom is -0.744 e. The summed E-state index contributed by atoms with van der Waals surface area (Å²) in [6, 6.07) is 13.9. The summed E-state index contributed by atoms with van der Waals surface area (Å²) in [5.74, 6) is -1.02. The molecule has 0 unspecified atom stereocenters. The first kappa shape index (κ1) is 31.7. The van der Waals surface area contributed by atoms with Gasteiger partial charge in [0, 0.05) is 6.42 Å². The minimum atomic E-state index is -4.64. The standard InChI is InChI=1S/C15H22O5S.C7H8O3S.Na/c1-2-3-4-5-6-7-12-15(16)20-13-10-8-9-11-14(13)21(17,18)19;8-11(9,10)6-7-4-2-1-3-5-7;/h8-11H,2-7,12H2,1H3,(H,17,18,19);1-5H,6H2,(H,8,9,10);/q;;+1/p-1. The van der Waals surface area contributed by atoms with E-state index >= 15 is 0 Å². The van der Waals surface area contributed by atoms with Gasteiger partial charge in [-0.15, -0.1) is 0 Å². The van der Waals surface area contributed by atoms with Gasteiger partial charge in [-0.3, -0.25) is 9.35 Å². The van der Waals surface area contributed by atoms with Crippen LogP contribution < -0.4 is 34.3 Å². The van der Waals surface area contributed by atoms with Crippen LogP contribution in [0.3, 0.4) is 0 Å². The van der Waals surface area contributed by atoms with Crippen molar-refractivity contribution in [1.29, 1.82) is 0 Å². The van der Waals surface area contributed by atoms with E-state index in [0.29, 0.717) is 12.0 Å². The fourth-order valence-corrected chi connectivity index (χ4v) is 3.96. The van der Waals surface area contributed by atoms with Gasteiger partial charge in [0.05, 0.1) is 4.90 Å². The molecule has 0 atom stereocenters. The van der Waals surface area contributed by atoms with Crippen molar-refractivity contribution in [3.8, 4) is 5.75 Å². The fourth-order valence-electron chi connectivity index (χ4n) is 2.75. The van der Waals surface area contributed by atoms with Crippen LogP contribution in [0, 0.1) is 0 Å². The second-order valence-corrected chi connectivity index (χ2v) is 9.91. The van der Waals surface area contributed by atoms with Gasteiger partial charge >= 0.3 is 35.5 Å². The van der Waals surface area contributed by atoms with Crippen molar-refractivity contribution in [3.63, 3.8) is 0 Å². The molecule has 2 aromatic carbocycles.